The Bertz CT molecular complexity index is 292. The Morgan fingerprint density at radius 1 is 1.36 bits per heavy atom. The number of hydrogen-bond donors (Lipinski definition) is 2. The molecule has 14 heavy (non-hydrogen) atoms. The molecule has 2 rings (SSSR count). The smallest absolute Gasteiger partial charge is 0.0343 e. The Labute approximate surface area is 85.5 Å². The molecule has 2 nitrogen and oxygen atoms in total. The van der Waals surface area contributed by atoms with Crippen LogP contribution >= 0.6 is 0 Å². The van der Waals surface area contributed by atoms with E-state index < -0.39 is 0 Å². The van der Waals surface area contributed by atoms with Gasteiger partial charge in [-0.2, -0.15) is 0 Å². The van der Waals surface area contributed by atoms with Gasteiger partial charge in [0.2, 0.25) is 0 Å². The molecule has 0 spiro atoms. The summed E-state index contributed by atoms with van der Waals surface area (Å²) >= 11 is 0. The van der Waals surface area contributed by atoms with E-state index in [4.69, 9.17) is 5.73 Å². The third-order valence-electron chi connectivity index (χ3n) is 2.94. The van der Waals surface area contributed by atoms with Crippen LogP contribution in [0.2, 0.25) is 0 Å². The molecule has 0 heterocycles. The molecule has 0 aromatic heterocycles. The third kappa shape index (κ3) is 2.07. The normalized spacial score (nSPS) is 16.4. The monoisotopic (exact) mass is 190 g/mol. The molecule has 76 valence electrons. The third-order valence-corrected chi connectivity index (χ3v) is 2.94. The molecule has 3 N–H and O–H groups in total. The number of benzene rings is 1. The molecule has 0 unspecified atom stereocenters. The van der Waals surface area contributed by atoms with Crippen molar-refractivity contribution >= 4 is 5.69 Å². The van der Waals surface area contributed by atoms with Crippen LogP contribution in [0, 0.1) is 0 Å². The standard InChI is InChI=1S/C12H18N2/c13-7-8-14-12-6-2-5-11(9-12)10-3-1-4-10/h2,5-6,9-10,14H,1,3-4,7-8,13H2. The summed E-state index contributed by atoms with van der Waals surface area (Å²) in [5.41, 5.74) is 8.14. The second kappa shape index (κ2) is 4.47. The molecular weight excluding hydrogens is 172 g/mol. The molecule has 1 aromatic rings. The Morgan fingerprint density at radius 2 is 2.21 bits per heavy atom. The minimum atomic E-state index is 0.688. The lowest BCUT2D eigenvalue weighted by atomic mass is 9.80. The number of nitrogens with two attached hydrogens (primary N) is 1. The van der Waals surface area contributed by atoms with E-state index >= 15 is 0 Å². The molecule has 1 aliphatic rings. The Balaban J connectivity index is 2.02. The van der Waals surface area contributed by atoms with Gasteiger partial charge in [0, 0.05) is 18.8 Å². The van der Waals surface area contributed by atoms with Gasteiger partial charge in [-0.15, -0.1) is 0 Å². The second-order valence-electron chi connectivity index (χ2n) is 3.97. The molecule has 2 heteroatoms. The molecule has 0 aliphatic heterocycles. The maximum atomic E-state index is 5.45. The van der Waals surface area contributed by atoms with Crippen LogP contribution in [0.4, 0.5) is 5.69 Å². The number of anilines is 1. The van der Waals surface area contributed by atoms with Gasteiger partial charge in [0.15, 0.2) is 0 Å². The lowest BCUT2D eigenvalue weighted by Gasteiger charge is -2.26. The van der Waals surface area contributed by atoms with Crippen LogP contribution in [-0.4, -0.2) is 13.1 Å². The average Bonchev–Trinajstić information content (AvgIpc) is 2.13. The van der Waals surface area contributed by atoms with E-state index in [1.165, 1.54) is 30.5 Å². The quantitative estimate of drug-likeness (QED) is 0.764. The van der Waals surface area contributed by atoms with Crippen molar-refractivity contribution in [2.45, 2.75) is 25.2 Å². The SMILES string of the molecule is NCCNc1cccc(C2CCC2)c1. The highest BCUT2D eigenvalue weighted by molar-refractivity contribution is 5.46. The topological polar surface area (TPSA) is 38.0 Å². The predicted octanol–water partition coefficient (Wildman–Crippen LogP) is 2.32. The molecule has 1 aromatic carbocycles. The van der Waals surface area contributed by atoms with Crippen LogP contribution in [0.3, 0.4) is 0 Å². The van der Waals surface area contributed by atoms with Gasteiger partial charge in [0.05, 0.1) is 0 Å². The van der Waals surface area contributed by atoms with Gasteiger partial charge < -0.3 is 11.1 Å². The minimum absolute atomic E-state index is 0.688. The number of hydrogen-bond acceptors (Lipinski definition) is 2. The Hall–Kier alpha value is -1.02. The number of rotatable bonds is 4. The maximum Gasteiger partial charge on any atom is 0.0343 e. The van der Waals surface area contributed by atoms with Crippen molar-refractivity contribution in [2.75, 3.05) is 18.4 Å². The van der Waals surface area contributed by atoms with E-state index in [1.807, 2.05) is 0 Å². The van der Waals surface area contributed by atoms with Crippen LogP contribution in [-0.2, 0) is 0 Å². The van der Waals surface area contributed by atoms with Gasteiger partial charge in [-0.3, -0.25) is 0 Å². The van der Waals surface area contributed by atoms with E-state index in [1.54, 1.807) is 0 Å². The molecular formula is C12H18N2. The van der Waals surface area contributed by atoms with Gasteiger partial charge in [0.25, 0.3) is 0 Å². The van der Waals surface area contributed by atoms with E-state index in [0.29, 0.717) is 6.54 Å². The molecule has 1 fully saturated rings. The zero-order chi connectivity index (χ0) is 9.80. The minimum Gasteiger partial charge on any atom is -0.384 e. The summed E-state index contributed by atoms with van der Waals surface area (Å²) in [6.07, 6.45) is 4.12. The molecule has 0 radical (unpaired) electrons. The fraction of sp³-hybridized carbons (Fsp3) is 0.500. The summed E-state index contributed by atoms with van der Waals surface area (Å²) in [7, 11) is 0. The molecule has 1 aliphatic carbocycles. The second-order valence-corrected chi connectivity index (χ2v) is 3.97. The van der Waals surface area contributed by atoms with Gasteiger partial charge in [0.1, 0.15) is 0 Å². The highest BCUT2D eigenvalue weighted by Crippen LogP contribution is 2.36. The lowest BCUT2D eigenvalue weighted by Crippen LogP contribution is -2.14. The van der Waals surface area contributed by atoms with Crippen molar-refractivity contribution in [3.05, 3.63) is 29.8 Å². The van der Waals surface area contributed by atoms with E-state index in [0.717, 1.165) is 12.5 Å². The van der Waals surface area contributed by atoms with Gasteiger partial charge >= 0.3 is 0 Å². The van der Waals surface area contributed by atoms with Gasteiger partial charge in [-0.25, -0.2) is 0 Å². The summed E-state index contributed by atoms with van der Waals surface area (Å²) in [5, 5.41) is 3.31. The first-order chi connectivity index (χ1) is 6.90. The summed E-state index contributed by atoms with van der Waals surface area (Å²) in [5.74, 6) is 0.814. The summed E-state index contributed by atoms with van der Waals surface area (Å²) in [6, 6.07) is 8.74. The van der Waals surface area contributed by atoms with Gasteiger partial charge in [-0.05, 0) is 36.5 Å². The molecule has 0 saturated heterocycles. The molecule has 0 atom stereocenters. The molecule has 0 bridgehead atoms. The van der Waals surface area contributed by atoms with Crippen LogP contribution in [0.1, 0.15) is 30.7 Å². The fourth-order valence-electron chi connectivity index (χ4n) is 1.86. The van der Waals surface area contributed by atoms with Crippen LogP contribution < -0.4 is 11.1 Å². The van der Waals surface area contributed by atoms with Crippen molar-refractivity contribution in [1.82, 2.24) is 0 Å². The summed E-state index contributed by atoms with van der Waals surface area (Å²) < 4.78 is 0. The highest BCUT2D eigenvalue weighted by Gasteiger charge is 2.19. The van der Waals surface area contributed by atoms with Crippen molar-refractivity contribution in [1.29, 1.82) is 0 Å². The average molecular weight is 190 g/mol. The van der Waals surface area contributed by atoms with E-state index in [9.17, 15) is 0 Å². The first-order valence-corrected chi connectivity index (χ1v) is 5.44. The van der Waals surface area contributed by atoms with Crippen LogP contribution in [0.15, 0.2) is 24.3 Å². The van der Waals surface area contributed by atoms with Crippen LogP contribution in [0.25, 0.3) is 0 Å². The van der Waals surface area contributed by atoms with Crippen molar-refractivity contribution in [3.8, 4) is 0 Å². The zero-order valence-electron chi connectivity index (χ0n) is 8.50. The van der Waals surface area contributed by atoms with Crippen molar-refractivity contribution < 1.29 is 0 Å². The van der Waals surface area contributed by atoms with Gasteiger partial charge in [-0.1, -0.05) is 18.6 Å². The Kier molecular flexibility index (Phi) is 3.04. The first kappa shape index (κ1) is 9.53. The largest absolute Gasteiger partial charge is 0.384 e. The fourth-order valence-corrected chi connectivity index (χ4v) is 1.86. The van der Waals surface area contributed by atoms with Crippen molar-refractivity contribution in [2.24, 2.45) is 5.73 Å². The number of nitrogens with one attached hydrogen (secondary N) is 1. The zero-order valence-corrected chi connectivity index (χ0v) is 8.50. The summed E-state index contributed by atoms with van der Waals surface area (Å²) in [4.78, 5) is 0. The first-order valence-electron chi connectivity index (χ1n) is 5.44. The lowest BCUT2D eigenvalue weighted by molar-refractivity contribution is 0.420. The maximum absolute atomic E-state index is 5.45. The van der Waals surface area contributed by atoms with E-state index in [2.05, 4.69) is 29.6 Å². The molecule has 0 amide bonds. The van der Waals surface area contributed by atoms with Crippen LogP contribution in [0.5, 0.6) is 0 Å². The van der Waals surface area contributed by atoms with E-state index in [-0.39, 0.29) is 0 Å². The Morgan fingerprint density at radius 3 is 2.86 bits per heavy atom. The summed E-state index contributed by atoms with van der Waals surface area (Å²) in [6.45, 7) is 1.54. The van der Waals surface area contributed by atoms with Crippen molar-refractivity contribution in [3.63, 3.8) is 0 Å². The molecule has 1 saturated carbocycles. The predicted molar refractivity (Wildman–Crippen MR) is 60.6 cm³/mol. The highest BCUT2D eigenvalue weighted by atomic mass is 14.9.